The van der Waals surface area contributed by atoms with Crippen LogP contribution in [-0.2, 0) is 16.6 Å². The molecule has 4 nitrogen and oxygen atoms in total. The van der Waals surface area contributed by atoms with Crippen LogP contribution in [0.3, 0.4) is 0 Å². The number of benzene rings is 1. The summed E-state index contributed by atoms with van der Waals surface area (Å²) < 4.78 is 26.6. The number of nitrogens with two attached hydrogens (primary N) is 1. The van der Waals surface area contributed by atoms with E-state index in [9.17, 15) is 8.42 Å². The number of hydrogen-bond donors (Lipinski definition) is 1. The Balaban J connectivity index is 2.33. The fourth-order valence-corrected chi connectivity index (χ4v) is 4.45. The standard InChI is InChI=1S/C13H19ClN2O2S/c1-16(11-4-2-3-5-11)19(17,18)13-7-6-10(9-15)8-12(13)14/h6-8,11H,2-5,9,15H2,1H3. The molecule has 0 saturated heterocycles. The second-order valence-electron chi connectivity index (χ2n) is 4.93. The molecule has 0 aliphatic heterocycles. The first kappa shape index (κ1) is 14.8. The Morgan fingerprint density at radius 2 is 2.00 bits per heavy atom. The van der Waals surface area contributed by atoms with E-state index in [1.807, 2.05) is 0 Å². The summed E-state index contributed by atoms with van der Waals surface area (Å²) in [6.07, 6.45) is 4.03. The highest BCUT2D eigenvalue weighted by molar-refractivity contribution is 7.89. The lowest BCUT2D eigenvalue weighted by atomic mass is 10.2. The Morgan fingerprint density at radius 3 is 2.53 bits per heavy atom. The Morgan fingerprint density at radius 1 is 1.37 bits per heavy atom. The predicted molar refractivity (Wildman–Crippen MR) is 76.5 cm³/mol. The van der Waals surface area contributed by atoms with Gasteiger partial charge in [-0.3, -0.25) is 0 Å². The molecule has 1 aliphatic rings. The third-order valence-electron chi connectivity index (χ3n) is 3.73. The third kappa shape index (κ3) is 2.94. The fraction of sp³-hybridized carbons (Fsp3) is 0.538. The van der Waals surface area contributed by atoms with Crippen LogP contribution in [0, 0.1) is 0 Å². The molecular weight excluding hydrogens is 284 g/mol. The van der Waals surface area contributed by atoms with Crippen LogP contribution in [0.2, 0.25) is 5.02 Å². The summed E-state index contributed by atoms with van der Waals surface area (Å²) in [6.45, 7) is 0.346. The zero-order chi connectivity index (χ0) is 14.0. The maximum atomic E-state index is 12.5. The summed E-state index contributed by atoms with van der Waals surface area (Å²) in [5.74, 6) is 0. The Kier molecular flexibility index (Phi) is 4.50. The van der Waals surface area contributed by atoms with E-state index in [4.69, 9.17) is 17.3 Å². The number of halogens is 1. The Bertz CT molecular complexity index is 554. The van der Waals surface area contributed by atoms with Crippen LogP contribution < -0.4 is 5.73 Å². The van der Waals surface area contributed by atoms with Gasteiger partial charge in [0, 0.05) is 19.6 Å². The predicted octanol–water partition coefficient (Wildman–Crippen LogP) is 2.36. The molecule has 1 aliphatic carbocycles. The second-order valence-corrected chi connectivity index (χ2v) is 7.30. The molecule has 6 heteroatoms. The van der Waals surface area contributed by atoms with E-state index in [0.717, 1.165) is 31.2 Å². The highest BCUT2D eigenvalue weighted by atomic mass is 35.5. The highest BCUT2D eigenvalue weighted by Gasteiger charge is 2.31. The molecule has 1 fully saturated rings. The number of sulfonamides is 1. The maximum absolute atomic E-state index is 12.5. The zero-order valence-electron chi connectivity index (χ0n) is 11.0. The van der Waals surface area contributed by atoms with Crippen molar-refractivity contribution in [2.24, 2.45) is 5.73 Å². The topological polar surface area (TPSA) is 63.4 Å². The summed E-state index contributed by atoms with van der Waals surface area (Å²) in [4.78, 5) is 0.167. The van der Waals surface area contributed by atoms with Crippen LogP contribution in [0.1, 0.15) is 31.2 Å². The van der Waals surface area contributed by atoms with Gasteiger partial charge >= 0.3 is 0 Å². The van der Waals surface area contributed by atoms with Crippen molar-refractivity contribution < 1.29 is 8.42 Å². The van der Waals surface area contributed by atoms with Crippen molar-refractivity contribution in [3.05, 3.63) is 28.8 Å². The van der Waals surface area contributed by atoms with Gasteiger partial charge in [0.15, 0.2) is 0 Å². The molecule has 0 aromatic heterocycles. The van der Waals surface area contributed by atoms with E-state index in [1.165, 1.54) is 4.31 Å². The van der Waals surface area contributed by atoms with Crippen LogP contribution >= 0.6 is 11.6 Å². The van der Waals surface area contributed by atoms with E-state index in [0.29, 0.717) is 6.54 Å². The summed E-state index contributed by atoms with van der Waals surface area (Å²) in [5, 5.41) is 0.243. The molecule has 0 amide bonds. The number of rotatable bonds is 4. The monoisotopic (exact) mass is 302 g/mol. The van der Waals surface area contributed by atoms with Crippen molar-refractivity contribution in [3.63, 3.8) is 0 Å². The van der Waals surface area contributed by atoms with Crippen LogP contribution in [0.4, 0.5) is 0 Å². The van der Waals surface area contributed by atoms with Gasteiger partial charge in [0.1, 0.15) is 4.90 Å². The van der Waals surface area contributed by atoms with Crippen molar-refractivity contribution in [3.8, 4) is 0 Å². The largest absolute Gasteiger partial charge is 0.326 e. The minimum absolute atomic E-state index is 0.0928. The fourth-order valence-electron chi connectivity index (χ4n) is 2.50. The highest BCUT2D eigenvalue weighted by Crippen LogP contribution is 2.30. The van der Waals surface area contributed by atoms with Gasteiger partial charge in [0.2, 0.25) is 10.0 Å². The number of nitrogens with zero attached hydrogens (tertiary/aromatic N) is 1. The normalized spacial score (nSPS) is 17.3. The average molecular weight is 303 g/mol. The molecule has 106 valence electrons. The smallest absolute Gasteiger partial charge is 0.244 e. The first-order chi connectivity index (χ1) is 8.96. The first-order valence-corrected chi connectivity index (χ1v) is 8.25. The van der Waals surface area contributed by atoms with Gasteiger partial charge in [-0.2, -0.15) is 4.31 Å². The van der Waals surface area contributed by atoms with Crippen LogP contribution in [0.15, 0.2) is 23.1 Å². The molecule has 0 atom stereocenters. The summed E-state index contributed by atoms with van der Waals surface area (Å²) in [6, 6.07) is 4.97. The quantitative estimate of drug-likeness (QED) is 0.928. The van der Waals surface area contributed by atoms with Crippen LogP contribution in [0.5, 0.6) is 0 Å². The second kappa shape index (κ2) is 5.79. The maximum Gasteiger partial charge on any atom is 0.244 e. The third-order valence-corrected chi connectivity index (χ3v) is 6.12. The lowest BCUT2D eigenvalue weighted by molar-refractivity contribution is 0.373. The molecule has 1 saturated carbocycles. The van der Waals surface area contributed by atoms with Crippen molar-refractivity contribution in [1.82, 2.24) is 4.31 Å². The lowest BCUT2D eigenvalue weighted by Gasteiger charge is -2.24. The van der Waals surface area contributed by atoms with Gasteiger partial charge in [-0.15, -0.1) is 0 Å². The minimum atomic E-state index is -3.52. The molecule has 1 aromatic rings. The number of hydrogen-bond acceptors (Lipinski definition) is 3. The van der Waals surface area contributed by atoms with Crippen molar-refractivity contribution >= 4 is 21.6 Å². The summed E-state index contributed by atoms with van der Waals surface area (Å²) in [7, 11) is -1.88. The van der Waals surface area contributed by atoms with E-state index in [2.05, 4.69) is 0 Å². The molecule has 0 spiro atoms. The van der Waals surface area contributed by atoms with Gasteiger partial charge in [-0.25, -0.2) is 8.42 Å². The molecular formula is C13H19ClN2O2S. The van der Waals surface area contributed by atoms with Gasteiger partial charge in [-0.05, 0) is 30.5 Å². The Labute approximate surface area is 119 Å². The molecule has 0 heterocycles. The summed E-state index contributed by atoms with van der Waals surface area (Å²) in [5.41, 5.74) is 6.35. The lowest BCUT2D eigenvalue weighted by Crippen LogP contribution is -2.35. The van der Waals surface area contributed by atoms with E-state index in [1.54, 1.807) is 25.2 Å². The zero-order valence-corrected chi connectivity index (χ0v) is 12.5. The van der Waals surface area contributed by atoms with E-state index >= 15 is 0 Å². The Hall–Kier alpha value is -0.620. The SMILES string of the molecule is CN(C1CCCC1)S(=O)(=O)c1ccc(CN)cc1Cl. The molecule has 19 heavy (non-hydrogen) atoms. The van der Waals surface area contributed by atoms with Crippen molar-refractivity contribution in [2.75, 3.05) is 7.05 Å². The molecule has 0 unspecified atom stereocenters. The van der Waals surface area contributed by atoms with Crippen LogP contribution in [0.25, 0.3) is 0 Å². The molecule has 2 rings (SSSR count). The van der Waals surface area contributed by atoms with Crippen molar-refractivity contribution in [2.45, 2.75) is 43.2 Å². The van der Waals surface area contributed by atoms with E-state index < -0.39 is 10.0 Å². The molecule has 2 N–H and O–H groups in total. The summed E-state index contributed by atoms with van der Waals surface area (Å²) >= 11 is 6.08. The first-order valence-electron chi connectivity index (χ1n) is 6.43. The molecule has 1 aromatic carbocycles. The van der Waals surface area contributed by atoms with Gasteiger partial charge in [0.05, 0.1) is 5.02 Å². The van der Waals surface area contributed by atoms with Gasteiger partial charge in [-0.1, -0.05) is 30.5 Å². The molecule has 0 bridgehead atoms. The van der Waals surface area contributed by atoms with Gasteiger partial charge < -0.3 is 5.73 Å². The van der Waals surface area contributed by atoms with Gasteiger partial charge in [0.25, 0.3) is 0 Å². The minimum Gasteiger partial charge on any atom is -0.326 e. The van der Waals surface area contributed by atoms with Crippen molar-refractivity contribution in [1.29, 1.82) is 0 Å². The molecule has 0 radical (unpaired) electrons. The van der Waals surface area contributed by atoms with E-state index in [-0.39, 0.29) is 16.0 Å². The van der Waals surface area contributed by atoms with Crippen LogP contribution in [-0.4, -0.2) is 25.8 Å². The average Bonchev–Trinajstić information content (AvgIpc) is 2.90.